The molecule has 0 saturated carbocycles. The van der Waals surface area contributed by atoms with Crippen LogP contribution in [0.5, 0.6) is 0 Å². The number of hydrogen-bond acceptors (Lipinski definition) is 4. The zero-order chi connectivity index (χ0) is 10.3. The first-order chi connectivity index (χ1) is 6.07. The highest BCUT2D eigenvalue weighted by molar-refractivity contribution is 5.73. The lowest BCUT2D eigenvalue weighted by Crippen LogP contribution is -2.43. The number of aliphatic hydroxyl groups is 1. The van der Waals surface area contributed by atoms with Crippen LogP contribution in [0.1, 0.15) is 13.8 Å². The SMILES string of the molecule is CC(C)NCCN[C@@H](CO)C(=O)O. The molecule has 0 heterocycles. The van der Waals surface area contributed by atoms with E-state index in [4.69, 9.17) is 10.2 Å². The molecule has 78 valence electrons. The maximum absolute atomic E-state index is 10.4. The molecule has 0 spiro atoms. The number of aliphatic carboxylic acids is 1. The minimum Gasteiger partial charge on any atom is -0.480 e. The van der Waals surface area contributed by atoms with Gasteiger partial charge in [-0.2, -0.15) is 0 Å². The molecule has 0 aromatic rings. The lowest BCUT2D eigenvalue weighted by atomic mass is 10.3. The Morgan fingerprint density at radius 2 is 1.85 bits per heavy atom. The van der Waals surface area contributed by atoms with Gasteiger partial charge in [0, 0.05) is 19.1 Å². The second-order valence-electron chi connectivity index (χ2n) is 3.14. The van der Waals surface area contributed by atoms with E-state index in [0.717, 1.165) is 0 Å². The molecule has 4 N–H and O–H groups in total. The van der Waals surface area contributed by atoms with Crippen LogP contribution in [0.2, 0.25) is 0 Å². The highest BCUT2D eigenvalue weighted by atomic mass is 16.4. The van der Waals surface area contributed by atoms with Crippen molar-refractivity contribution >= 4 is 5.97 Å². The Morgan fingerprint density at radius 3 is 2.23 bits per heavy atom. The second kappa shape index (κ2) is 6.82. The number of hydrogen-bond donors (Lipinski definition) is 4. The summed E-state index contributed by atoms with van der Waals surface area (Å²) in [5.41, 5.74) is 0. The molecular formula is C8H18N2O3. The van der Waals surface area contributed by atoms with Crippen LogP contribution in [0.4, 0.5) is 0 Å². The normalized spacial score (nSPS) is 13.2. The first kappa shape index (κ1) is 12.3. The summed E-state index contributed by atoms with van der Waals surface area (Å²) in [5, 5.41) is 23.0. The summed E-state index contributed by atoms with van der Waals surface area (Å²) in [7, 11) is 0. The van der Waals surface area contributed by atoms with E-state index < -0.39 is 12.0 Å². The summed E-state index contributed by atoms with van der Waals surface area (Å²) >= 11 is 0. The minimum absolute atomic E-state index is 0.378. The number of carboxylic acids is 1. The number of nitrogens with one attached hydrogen (secondary N) is 2. The molecule has 13 heavy (non-hydrogen) atoms. The number of carboxylic acid groups (broad SMARTS) is 1. The van der Waals surface area contributed by atoms with Crippen LogP contribution in [-0.2, 0) is 4.79 Å². The molecule has 0 amide bonds. The van der Waals surface area contributed by atoms with Gasteiger partial charge in [-0.1, -0.05) is 13.8 Å². The van der Waals surface area contributed by atoms with Gasteiger partial charge in [-0.3, -0.25) is 4.79 Å². The topological polar surface area (TPSA) is 81.6 Å². The lowest BCUT2D eigenvalue weighted by molar-refractivity contribution is -0.140. The summed E-state index contributed by atoms with van der Waals surface area (Å²) in [6.07, 6.45) is 0. The Balaban J connectivity index is 3.44. The lowest BCUT2D eigenvalue weighted by Gasteiger charge is -2.12. The smallest absolute Gasteiger partial charge is 0.323 e. The molecule has 0 bridgehead atoms. The second-order valence-corrected chi connectivity index (χ2v) is 3.14. The van der Waals surface area contributed by atoms with E-state index in [-0.39, 0.29) is 6.61 Å². The van der Waals surface area contributed by atoms with Gasteiger partial charge in [0.1, 0.15) is 6.04 Å². The molecule has 0 unspecified atom stereocenters. The highest BCUT2D eigenvalue weighted by Gasteiger charge is 2.13. The van der Waals surface area contributed by atoms with Gasteiger partial charge in [-0.15, -0.1) is 0 Å². The predicted molar refractivity (Wildman–Crippen MR) is 49.7 cm³/mol. The van der Waals surface area contributed by atoms with E-state index in [9.17, 15) is 4.79 Å². The predicted octanol–water partition coefficient (Wildman–Crippen LogP) is -0.980. The van der Waals surface area contributed by atoms with Crippen molar-refractivity contribution in [3.05, 3.63) is 0 Å². The number of carbonyl (C=O) groups is 1. The molecular weight excluding hydrogens is 172 g/mol. The molecule has 0 aliphatic heterocycles. The van der Waals surface area contributed by atoms with Crippen LogP contribution in [0.3, 0.4) is 0 Å². The molecule has 0 rings (SSSR count). The Kier molecular flexibility index (Phi) is 6.48. The summed E-state index contributed by atoms with van der Waals surface area (Å²) in [5.74, 6) is -1.02. The third kappa shape index (κ3) is 6.51. The minimum atomic E-state index is -1.02. The van der Waals surface area contributed by atoms with Crippen molar-refractivity contribution in [1.82, 2.24) is 10.6 Å². The first-order valence-electron chi connectivity index (χ1n) is 4.38. The van der Waals surface area contributed by atoms with E-state index >= 15 is 0 Å². The van der Waals surface area contributed by atoms with Crippen molar-refractivity contribution < 1.29 is 15.0 Å². The Labute approximate surface area is 78.1 Å². The number of aliphatic hydroxyl groups excluding tert-OH is 1. The molecule has 1 atom stereocenters. The molecule has 0 radical (unpaired) electrons. The van der Waals surface area contributed by atoms with Crippen LogP contribution in [0.25, 0.3) is 0 Å². The van der Waals surface area contributed by atoms with E-state index in [1.807, 2.05) is 13.8 Å². The van der Waals surface area contributed by atoms with E-state index in [1.165, 1.54) is 0 Å². The average Bonchev–Trinajstić information content (AvgIpc) is 2.03. The molecule has 0 aliphatic carbocycles. The first-order valence-corrected chi connectivity index (χ1v) is 4.38. The van der Waals surface area contributed by atoms with Gasteiger partial charge < -0.3 is 20.8 Å². The van der Waals surface area contributed by atoms with Crippen LogP contribution in [0.15, 0.2) is 0 Å². The van der Waals surface area contributed by atoms with E-state index in [0.29, 0.717) is 19.1 Å². The maximum atomic E-state index is 10.4. The van der Waals surface area contributed by atoms with Gasteiger partial charge in [0.2, 0.25) is 0 Å². The van der Waals surface area contributed by atoms with Crippen molar-refractivity contribution in [2.24, 2.45) is 0 Å². The Hall–Kier alpha value is -0.650. The summed E-state index contributed by atoms with van der Waals surface area (Å²) in [6, 6.07) is -0.465. The van der Waals surface area contributed by atoms with Crippen molar-refractivity contribution in [1.29, 1.82) is 0 Å². The third-order valence-corrected chi connectivity index (χ3v) is 1.55. The molecule has 0 saturated heterocycles. The molecule has 0 aliphatic rings. The zero-order valence-corrected chi connectivity index (χ0v) is 8.08. The average molecular weight is 190 g/mol. The van der Waals surface area contributed by atoms with Gasteiger partial charge in [-0.25, -0.2) is 0 Å². The van der Waals surface area contributed by atoms with Gasteiger partial charge in [0.15, 0.2) is 0 Å². The highest BCUT2D eigenvalue weighted by Crippen LogP contribution is 1.81. The van der Waals surface area contributed by atoms with E-state index in [2.05, 4.69) is 10.6 Å². The Morgan fingerprint density at radius 1 is 1.31 bits per heavy atom. The maximum Gasteiger partial charge on any atom is 0.323 e. The molecule has 0 fully saturated rings. The molecule has 0 aromatic carbocycles. The van der Waals surface area contributed by atoms with Gasteiger partial charge in [-0.05, 0) is 0 Å². The van der Waals surface area contributed by atoms with Crippen LogP contribution < -0.4 is 10.6 Å². The fourth-order valence-corrected chi connectivity index (χ4v) is 0.837. The van der Waals surface area contributed by atoms with Crippen molar-refractivity contribution in [2.75, 3.05) is 19.7 Å². The van der Waals surface area contributed by atoms with Gasteiger partial charge in [0.25, 0.3) is 0 Å². The van der Waals surface area contributed by atoms with Gasteiger partial charge >= 0.3 is 5.97 Å². The summed E-state index contributed by atoms with van der Waals surface area (Å²) in [4.78, 5) is 10.4. The fourth-order valence-electron chi connectivity index (χ4n) is 0.837. The fraction of sp³-hybridized carbons (Fsp3) is 0.875. The molecule has 0 aromatic heterocycles. The zero-order valence-electron chi connectivity index (χ0n) is 8.08. The Bertz CT molecular complexity index is 150. The number of rotatable bonds is 7. The van der Waals surface area contributed by atoms with Crippen molar-refractivity contribution in [3.8, 4) is 0 Å². The van der Waals surface area contributed by atoms with Crippen molar-refractivity contribution in [3.63, 3.8) is 0 Å². The van der Waals surface area contributed by atoms with Crippen LogP contribution in [-0.4, -0.2) is 48.0 Å². The quantitative estimate of drug-likeness (QED) is 0.388. The summed E-state index contributed by atoms with van der Waals surface area (Å²) in [6.45, 7) is 4.88. The third-order valence-electron chi connectivity index (χ3n) is 1.55. The standard InChI is InChI=1S/C8H18N2O3/c1-6(2)9-3-4-10-7(5-11)8(12)13/h6-7,9-11H,3-5H2,1-2H3,(H,12,13)/t7-/m0/s1. The largest absolute Gasteiger partial charge is 0.480 e. The monoisotopic (exact) mass is 190 g/mol. The van der Waals surface area contributed by atoms with Crippen molar-refractivity contribution in [2.45, 2.75) is 25.9 Å². The molecule has 5 heteroatoms. The van der Waals surface area contributed by atoms with Crippen LogP contribution >= 0.6 is 0 Å². The van der Waals surface area contributed by atoms with Gasteiger partial charge in [0.05, 0.1) is 6.61 Å². The molecule has 5 nitrogen and oxygen atoms in total. The van der Waals surface area contributed by atoms with E-state index in [1.54, 1.807) is 0 Å². The van der Waals surface area contributed by atoms with Crippen LogP contribution in [0, 0.1) is 0 Å². The summed E-state index contributed by atoms with van der Waals surface area (Å²) < 4.78 is 0.